The fraction of sp³-hybridized carbons (Fsp3) is 0.500. The number of hydrogen-bond donors (Lipinski definition) is 5. The minimum atomic E-state index is -1.57. The molecule has 4 unspecified atom stereocenters. The van der Waals surface area contributed by atoms with E-state index in [4.69, 9.17) is 14.2 Å². The van der Waals surface area contributed by atoms with Crippen molar-refractivity contribution in [3.63, 3.8) is 0 Å². The van der Waals surface area contributed by atoms with E-state index in [1.807, 2.05) is 24.0 Å². The van der Waals surface area contributed by atoms with Crippen LogP contribution in [0.5, 0.6) is 0 Å². The molecular formula is C64H79F3N10O12. The summed E-state index contributed by atoms with van der Waals surface area (Å²) in [5.74, 6) is -7.10. The summed E-state index contributed by atoms with van der Waals surface area (Å²) in [6, 6.07) is 14.4. The number of para-hydroxylation sites is 1. The van der Waals surface area contributed by atoms with Gasteiger partial charge in [-0.2, -0.15) is 0 Å². The normalized spacial score (nSPS) is 22.1. The van der Waals surface area contributed by atoms with Crippen molar-refractivity contribution < 1.29 is 70.8 Å². The van der Waals surface area contributed by atoms with E-state index in [-0.39, 0.29) is 75.2 Å². The number of benzene rings is 4. The van der Waals surface area contributed by atoms with E-state index < -0.39 is 113 Å². The highest BCUT2D eigenvalue weighted by molar-refractivity contribution is 6.05. The number of nitrogens with zero attached hydrogens (tertiary/aromatic N) is 6. The van der Waals surface area contributed by atoms with Crippen molar-refractivity contribution in [3.05, 3.63) is 124 Å². The summed E-state index contributed by atoms with van der Waals surface area (Å²) < 4.78 is 61.1. The van der Waals surface area contributed by atoms with Gasteiger partial charge < -0.3 is 55.3 Å². The van der Waals surface area contributed by atoms with Gasteiger partial charge in [0.15, 0.2) is 0 Å². The van der Waals surface area contributed by atoms with Gasteiger partial charge in [-0.15, -0.1) is 0 Å². The number of carbonyl (C=O) groups excluding carboxylic acids is 7. The molecule has 7 atom stereocenters. The molecule has 25 heteroatoms. The van der Waals surface area contributed by atoms with Crippen LogP contribution in [0.4, 0.5) is 39.8 Å². The van der Waals surface area contributed by atoms with Gasteiger partial charge in [0.1, 0.15) is 46.9 Å². The predicted octanol–water partition coefficient (Wildman–Crippen LogP) is 6.02. The number of piperazine rings is 1. The first kappa shape index (κ1) is 65.3. The van der Waals surface area contributed by atoms with Crippen LogP contribution in [0.3, 0.4) is 0 Å². The number of fused-ring (bicyclic) bond motifs is 2. The van der Waals surface area contributed by atoms with Gasteiger partial charge in [0.05, 0.1) is 31.7 Å². The number of carboxylic acid groups (broad SMARTS) is 1. The molecule has 0 spiro atoms. The molecule has 4 aromatic rings. The van der Waals surface area contributed by atoms with Crippen molar-refractivity contribution in [1.82, 2.24) is 35.1 Å². The predicted molar refractivity (Wildman–Crippen MR) is 322 cm³/mol. The molecule has 4 aromatic carbocycles. The molecule has 22 nitrogen and oxygen atoms in total. The molecule has 3 saturated heterocycles. The number of amides is 8. The van der Waals surface area contributed by atoms with Crippen LogP contribution in [0.2, 0.25) is 0 Å². The Labute approximate surface area is 515 Å². The molecular weight excluding hydrogens is 1160 g/mol. The standard InChI is InChI=1S/C64H79F3N10O12/c1-37-30-74(46(33-75(37)61(84)85)32-73-22-25-88-35-38(73)2)34-53(79)77-36-64(7,48-19-14-41(27-51(48)77)26-40-12-16-44(65)17-13-40)60(83)68-29-52(78)69-45-18-15-43-31-76(56(47(43)28-45)58(81)71-55-49(66)10-9-11-50(55)67)59(82)54(42-20-23-87-24-21-42)70-57(80)39(3)72(8)62(86)89-63(4,5)6/h9-19,27-28,37-39,42,46,54,56H,20-26,29-36H2,1-8H3,(H,68,83)(H,69,78)(H,70,80)(H,71,81)(H,84,85)/t37?,38-,39?,46?,54?,56+,64+/m1/s1. The number of nitrogens with one attached hydrogen (secondary N) is 4. The van der Waals surface area contributed by atoms with Gasteiger partial charge in [-0.25, -0.2) is 22.8 Å². The molecule has 0 saturated carbocycles. The summed E-state index contributed by atoms with van der Waals surface area (Å²) in [5.41, 5.74) is 0.258. The second-order valence-electron chi connectivity index (χ2n) is 25.1. The van der Waals surface area contributed by atoms with Crippen molar-refractivity contribution in [2.24, 2.45) is 5.92 Å². The Balaban J connectivity index is 0.944. The van der Waals surface area contributed by atoms with Crippen LogP contribution in [0, 0.1) is 23.4 Å². The zero-order chi connectivity index (χ0) is 64.2. The first-order valence-corrected chi connectivity index (χ1v) is 30.0. The lowest BCUT2D eigenvalue weighted by Gasteiger charge is -2.47. The van der Waals surface area contributed by atoms with E-state index in [9.17, 15) is 43.1 Å². The van der Waals surface area contributed by atoms with Crippen molar-refractivity contribution in [1.29, 1.82) is 0 Å². The Bertz CT molecular complexity index is 3330. The Morgan fingerprint density at radius 3 is 2.20 bits per heavy atom. The first-order chi connectivity index (χ1) is 42.2. The summed E-state index contributed by atoms with van der Waals surface area (Å²) in [7, 11) is 1.38. The molecule has 5 aliphatic heterocycles. The number of ether oxygens (including phenoxy) is 3. The van der Waals surface area contributed by atoms with Crippen LogP contribution in [0.15, 0.2) is 78.9 Å². The van der Waals surface area contributed by atoms with Crippen molar-refractivity contribution in [2.75, 3.05) is 94.8 Å². The molecule has 9 rings (SSSR count). The maximum atomic E-state index is 15.2. The molecule has 0 aromatic heterocycles. The third-order valence-electron chi connectivity index (χ3n) is 17.5. The summed E-state index contributed by atoms with van der Waals surface area (Å²) in [5, 5.41) is 20.8. The molecule has 89 heavy (non-hydrogen) atoms. The van der Waals surface area contributed by atoms with Crippen molar-refractivity contribution in [3.8, 4) is 0 Å². The average Bonchev–Trinajstić information content (AvgIpc) is 1.90. The largest absolute Gasteiger partial charge is 0.465 e. The number of anilines is 3. The Morgan fingerprint density at radius 1 is 0.831 bits per heavy atom. The summed E-state index contributed by atoms with van der Waals surface area (Å²) >= 11 is 0. The van der Waals surface area contributed by atoms with E-state index in [2.05, 4.69) is 26.2 Å². The third kappa shape index (κ3) is 15.0. The molecule has 8 amide bonds. The van der Waals surface area contributed by atoms with Crippen LogP contribution in [0.1, 0.15) is 95.2 Å². The van der Waals surface area contributed by atoms with Gasteiger partial charge in [-0.1, -0.05) is 36.4 Å². The van der Waals surface area contributed by atoms with E-state index in [0.29, 0.717) is 62.4 Å². The topological polar surface area (TPSA) is 252 Å². The third-order valence-corrected chi connectivity index (χ3v) is 17.5. The van der Waals surface area contributed by atoms with Gasteiger partial charge in [-0.05, 0) is 144 Å². The molecule has 478 valence electrons. The molecule has 0 aliphatic carbocycles. The SMILES string of the molecule is CC(C(=O)NC(C(=O)N1Cc2ccc(NC(=O)CNC(=O)[C@@]3(C)CN(C(=O)CN4CC(C)N(C(=O)O)CC4CN4CCOC[C@H]4C)c4cc(Cc5ccc(F)cc5)ccc43)cc2[C@H]1C(=O)Nc1c(F)cccc1F)C1CCOCC1)N(C)C(=O)OC(C)(C)C. The Kier molecular flexibility index (Phi) is 20.0. The maximum Gasteiger partial charge on any atom is 0.410 e. The van der Waals surface area contributed by atoms with Crippen LogP contribution in [0.25, 0.3) is 0 Å². The van der Waals surface area contributed by atoms with E-state index in [0.717, 1.165) is 34.2 Å². The van der Waals surface area contributed by atoms with Crippen LogP contribution in [-0.4, -0.2) is 192 Å². The van der Waals surface area contributed by atoms with Gasteiger partial charge in [0.2, 0.25) is 29.5 Å². The lowest BCUT2D eigenvalue weighted by atomic mass is 9.83. The van der Waals surface area contributed by atoms with E-state index >= 15 is 13.6 Å². The fourth-order valence-corrected chi connectivity index (χ4v) is 12.3. The Morgan fingerprint density at radius 2 is 1.53 bits per heavy atom. The first-order valence-electron chi connectivity index (χ1n) is 30.0. The van der Waals surface area contributed by atoms with Crippen LogP contribution >= 0.6 is 0 Å². The van der Waals surface area contributed by atoms with Gasteiger partial charge >= 0.3 is 12.2 Å². The number of rotatable bonds is 17. The van der Waals surface area contributed by atoms with Gasteiger partial charge in [0.25, 0.3) is 5.91 Å². The van der Waals surface area contributed by atoms with Gasteiger partial charge in [0, 0.05) is 89.0 Å². The molecule has 5 aliphatic rings. The highest BCUT2D eigenvalue weighted by Gasteiger charge is 2.49. The van der Waals surface area contributed by atoms with Crippen LogP contribution < -0.4 is 26.2 Å². The number of carbonyl (C=O) groups is 8. The van der Waals surface area contributed by atoms with Gasteiger partial charge in [-0.3, -0.25) is 43.5 Å². The zero-order valence-electron chi connectivity index (χ0n) is 51.4. The molecule has 0 bridgehead atoms. The number of hydrogen-bond acceptors (Lipinski definition) is 13. The summed E-state index contributed by atoms with van der Waals surface area (Å²) in [6.07, 6.45) is -0.779. The average molecular weight is 1240 g/mol. The maximum absolute atomic E-state index is 15.2. The lowest BCUT2D eigenvalue weighted by Crippen LogP contribution is -2.64. The lowest BCUT2D eigenvalue weighted by molar-refractivity contribution is -0.144. The van der Waals surface area contributed by atoms with E-state index in [1.165, 1.54) is 48.0 Å². The number of morpholine rings is 1. The number of halogens is 3. The van der Waals surface area contributed by atoms with Crippen LogP contribution in [-0.2, 0) is 61.4 Å². The quantitative estimate of drug-likeness (QED) is 0.0812. The highest BCUT2D eigenvalue weighted by Crippen LogP contribution is 2.43. The zero-order valence-corrected chi connectivity index (χ0v) is 51.4. The fourth-order valence-electron chi connectivity index (χ4n) is 12.3. The monoisotopic (exact) mass is 1240 g/mol. The van der Waals surface area contributed by atoms with E-state index in [1.54, 1.807) is 63.8 Å². The summed E-state index contributed by atoms with van der Waals surface area (Å²) in [6.45, 7) is 14.1. The minimum absolute atomic E-state index is 0.0664. The highest BCUT2D eigenvalue weighted by atomic mass is 19.1. The molecule has 5 N–H and O–H groups in total. The second kappa shape index (κ2) is 27.3. The second-order valence-corrected chi connectivity index (χ2v) is 25.1. The van der Waals surface area contributed by atoms with Crippen molar-refractivity contribution in [2.45, 2.75) is 122 Å². The van der Waals surface area contributed by atoms with Crippen molar-refractivity contribution >= 4 is 64.7 Å². The Hall–Kier alpha value is -8.13. The minimum Gasteiger partial charge on any atom is -0.465 e. The number of likely N-dealkylation sites (N-methyl/N-ethyl adjacent to an activating group) is 1. The molecule has 5 heterocycles. The summed E-state index contributed by atoms with van der Waals surface area (Å²) in [4.78, 5) is 122. The molecule has 0 radical (unpaired) electrons. The smallest absolute Gasteiger partial charge is 0.410 e. The molecule has 3 fully saturated rings.